The Labute approximate surface area is 111 Å². The maximum atomic E-state index is 12.9. The second kappa shape index (κ2) is 5.84. The first-order valence-corrected chi connectivity index (χ1v) is 6.40. The lowest BCUT2D eigenvalue weighted by Gasteiger charge is -2.37. The van der Waals surface area contributed by atoms with Crippen LogP contribution >= 0.6 is 0 Å². The Morgan fingerprint density at radius 1 is 1.42 bits per heavy atom. The minimum absolute atomic E-state index is 0.105. The van der Waals surface area contributed by atoms with Crippen LogP contribution in [0.4, 0.5) is 8.78 Å². The summed E-state index contributed by atoms with van der Waals surface area (Å²) in [6.45, 7) is -1.56. The second-order valence-corrected chi connectivity index (χ2v) is 5.04. The van der Waals surface area contributed by atoms with Crippen LogP contribution in [-0.4, -0.2) is 37.3 Å². The second-order valence-electron chi connectivity index (χ2n) is 5.04. The average Bonchev–Trinajstić information content (AvgIpc) is 2.37. The number of halogens is 2. The van der Waals surface area contributed by atoms with Gasteiger partial charge in [-0.05, 0) is 36.5 Å². The number of hydrogen-bond donors (Lipinski definition) is 2. The number of aliphatic hydroxyl groups excluding tert-OH is 1. The molecule has 0 bridgehead atoms. The van der Waals surface area contributed by atoms with Gasteiger partial charge in [-0.1, -0.05) is 12.1 Å². The van der Waals surface area contributed by atoms with E-state index >= 15 is 0 Å². The third-order valence-corrected chi connectivity index (χ3v) is 3.58. The standard InChI is InChI=1S/C14H19F2NO2/c1-19-13-4-2-3-10(7-13)11-5-12(6-11)17-8-14(15,16)9-18/h2-4,7,11-12,17-18H,5-6,8-9H2,1H3. The minimum Gasteiger partial charge on any atom is -0.497 e. The molecule has 1 aromatic rings. The summed E-state index contributed by atoms with van der Waals surface area (Å²) in [6.07, 6.45) is 1.68. The van der Waals surface area contributed by atoms with Crippen LogP contribution in [0.3, 0.4) is 0 Å². The number of ether oxygens (including phenoxy) is 1. The predicted molar refractivity (Wildman–Crippen MR) is 68.8 cm³/mol. The van der Waals surface area contributed by atoms with Crippen molar-refractivity contribution in [3.8, 4) is 5.75 Å². The highest BCUT2D eigenvalue weighted by Crippen LogP contribution is 2.38. The predicted octanol–water partition coefficient (Wildman–Crippen LogP) is 2.16. The van der Waals surface area contributed by atoms with Gasteiger partial charge in [-0.3, -0.25) is 0 Å². The van der Waals surface area contributed by atoms with Crippen molar-refractivity contribution in [2.45, 2.75) is 30.7 Å². The first-order chi connectivity index (χ1) is 9.04. The van der Waals surface area contributed by atoms with Gasteiger partial charge in [0, 0.05) is 6.04 Å². The molecule has 2 N–H and O–H groups in total. The summed E-state index contributed by atoms with van der Waals surface area (Å²) in [7, 11) is 1.63. The summed E-state index contributed by atoms with van der Waals surface area (Å²) < 4.78 is 30.9. The maximum absolute atomic E-state index is 12.9. The Bertz CT molecular complexity index is 420. The van der Waals surface area contributed by atoms with E-state index in [9.17, 15) is 8.78 Å². The number of aliphatic hydroxyl groups is 1. The Kier molecular flexibility index (Phi) is 4.37. The smallest absolute Gasteiger partial charge is 0.282 e. The van der Waals surface area contributed by atoms with Gasteiger partial charge in [-0.15, -0.1) is 0 Å². The summed E-state index contributed by atoms with van der Waals surface area (Å²) >= 11 is 0. The van der Waals surface area contributed by atoms with E-state index in [-0.39, 0.29) is 6.04 Å². The summed E-state index contributed by atoms with van der Waals surface area (Å²) in [5.74, 6) is -1.81. The zero-order valence-electron chi connectivity index (χ0n) is 10.9. The monoisotopic (exact) mass is 271 g/mol. The Hall–Kier alpha value is -1.20. The molecule has 1 saturated carbocycles. The van der Waals surface area contributed by atoms with Gasteiger partial charge in [0.25, 0.3) is 5.92 Å². The molecule has 3 nitrogen and oxygen atoms in total. The first kappa shape index (κ1) is 14.2. The lowest BCUT2D eigenvalue weighted by molar-refractivity contribution is -0.0512. The zero-order valence-corrected chi connectivity index (χ0v) is 10.9. The third-order valence-electron chi connectivity index (χ3n) is 3.58. The van der Waals surface area contributed by atoms with Crippen molar-refractivity contribution < 1.29 is 18.6 Å². The molecule has 0 aromatic heterocycles. The summed E-state index contributed by atoms with van der Waals surface area (Å²) in [6, 6.07) is 7.96. The molecule has 0 saturated heterocycles. The molecule has 0 aliphatic heterocycles. The van der Waals surface area contributed by atoms with E-state index in [2.05, 4.69) is 5.32 Å². The third kappa shape index (κ3) is 3.64. The molecule has 0 radical (unpaired) electrons. The maximum Gasteiger partial charge on any atom is 0.282 e. The minimum atomic E-state index is -3.03. The van der Waals surface area contributed by atoms with Crippen LogP contribution in [0, 0.1) is 0 Å². The highest BCUT2D eigenvalue weighted by molar-refractivity contribution is 5.32. The fourth-order valence-electron chi connectivity index (χ4n) is 2.30. The quantitative estimate of drug-likeness (QED) is 0.833. The SMILES string of the molecule is COc1cccc(C2CC(NCC(F)(F)CO)C2)c1. The van der Waals surface area contributed by atoms with Crippen molar-refractivity contribution in [3.05, 3.63) is 29.8 Å². The molecule has 1 aliphatic rings. The Morgan fingerprint density at radius 3 is 2.79 bits per heavy atom. The fourth-order valence-corrected chi connectivity index (χ4v) is 2.30. The summed E-state index contributed by atoms with van der Waals surface area (Å²) in [5.41, 5.74) is 1.19. The molecule has 1 aromatic carbocycles. The molecule has 19 heavy (non-hydrogen) atoms. The molecular formula is C14H19F2NO2. The van der Waals surface area contributed by atoms with Crippen molar-refractivity contribution in [1.82, 2.24) is 5.32 Å². The van der Waals surface area contributed by atoms with Gasteiger partial charge in [-0.25, -0.2) is 8.78 Å². The lowest BCUT2D eigenvalue weighted by Crippen LogP contribution is -2.46. The number of rotatable bonds is 6. The Balaban J connectivity index is 1.79. The molecule has 0 amide bonds. The van der Waals surface area contributed by atoms with Crippen molar-refractivity contribution in [1.29, 1.82) is 0 Å². The van der Waals surface area contributed by atoms with E-state index in [0.29, 0.717) is 5.92 Å². The highest BCUT2D eigenvalue weighted by atomic mass is 19.3. The van der Waals surface area contributed by atoms with Crippen LogP contribution in [0.15, 0.2) is 24.3 Å². The van der Waals surface area contributed by atoms with Crippen molar-refractivity contribution >= 4 is 0 Å². The summed E-state index contributed by atoms with van der Waals surface area (Å²) in [5, 5.41) is 11.3. The van der Waals surface area contributed by atoms with E-state index in [1.807, 2.05) is 24.3 Å². The van der Waals surface area contributed by atoms with Gasteiger partial charge in [0.1, 0.15) is 12.4 Å². The number of methoxy groups -OCH3 is 1. The van der Waals surface area contributed by atoms with Gasteiger partial charge in [0.2, 0.25) is 0 Å². The van der Waals surface area contributed by atoms with E-state index in [1.165, 1.54) is 5.56 Å². The Morgan fingerprint density at radius 2 is 2.16 bits per heavy atom. The first-order valence-electron chi connectivity index (χ1n) is 6.40. The van der Waals surface area contributed by atoms with E-state index in [1.54, 1.807) is 7.11 Å². The van der Waals surface area contributed by atoms with Gasteiger partial charge in [0.05, 0.1) is 13.7 Å². The molecule has 1 fully saturated rings. The number of alkyl halides is 2. The largest absolute Gasteiger partial charge is 0.497 e. The molecule has 0 atom stereocenters. The van der Waals surface area contributed by atoms with Crippen LogP contribution in [0.25, 0.3) is 0 Å². The van der Waals surface area contributed by atoms with Crippen LogP contribution < -0.4 is 10.1 Å². The van der Waals surface area contributed by atoms with Gasteiger partial charge in [-0.2, -0.15) is 0 Å². The van der Waals surface area contributed by atoms with Crippen LogP contribution in [-0.2, 0) is 0 Å². The van der Waals surface area contributed by atoms with E-state index in [4.69, 9.17) is 9.84 Å². The zero-order chi connectivity index (χ0) is 13.9. The average molecular weight is 271 g/mol. The molecule has 106 valence electrons. The van der Waals surface area contributed by atoms with E-state index in [0.717, 1.165) is 18.6 Å². The molecular weight excluding hydrogens is 252 g/mol. The van der Waals surface area contributed by atoms with Crippen molar-refractivity contribution in [2.75, 3.05) is 20.3 Å². The topological polar surface area (TPSA) is 41.5 Å². The highest BCUT2D eigenvalue weighted by Gasteiger charge is 2.34. The molecule has 0 heterocycles. The molecule has 0 unspecified atom stereocenters. The van der Waals surface area contributed by atoms with Crippen molar-refractivity contribution in [3.63, 3.8) is 0 Å². The molecule has 0 spiro atoms. The normalized spacial score (nSPS) is 22.9. The summed E-state index contributed by atoms with van der Waals surface area (Å²) in [4.78, 5) is 0. The van der Waals surface area contributed by atoms with Crippen LogP contribution in [0.2, 0.25) is 0 Å². The van der Waals surface area contributed by atoms with Crippen molar-refractivity contribution in [2.24, 2.45) is 0 Å². The van der Waals surface area contributed by atoms with E-state index < -0.39 is 19.1 Å². The van der Waals surface area contributed by atoms with Gasteiger partial charge < -0.3 is 15.2 Å². The van der Waals surface area contributed by atoms with Gasteiger partial charge >= 0.3 is 0 Å². The lowest BCUT2D eigenvalue weighted by atomic mass is 9.76. The van der Waals surface area contributed by atoms with Crippen LogP contribution in [0.1, 0.15) is 24.3 Å². The van der Waals surface area contributed by atoms with Gasteiger partial charge in [0.15, 0.2) is 0 Å². The number of hydrogen-bond acceptors (Lipinski definition) is 3. The molecule has 1 aliphatic carbocycles. The number of benzene rings is 1. The molecule has 2 rings (SSSR count). The van der Waals surface area contributed by atoms with Crippen LogP contribution in [0.5, 0.6) is 5.75 Å². The fraction of sp³-hybridized carbons (Fsp3) is 0.571. The number of nitrogens with one attached hydrogen (secondary N) is 1. The molecule has 5 heteroatoms.